The number of fused-ring (bicyclic) bond motifs is 1. The molecule has 0 unspecified atom stereocenters. The quantitative estimate of drug-likeness (QED) is 0.850. The summed E-state index contributed by atoms with van der Waals surface area (Å²) in [5, 5.41) is 14.9. The van der Waals surface area contributed by atoms with Crippen molar-refractivity contribution >= 4 is 50.4 Å². The van der Waals surface area contributed by atoms with Gasteiger partial charge in [0.05, 0.1) is 17.5 Å². The minimum absolute atomic E-state index is 0.475. The van der Waals surface area contributed by atoms with Crippen LogP contribution in [0.15, 0.2) is 29.0 Å². The molecule has 0 bridgehead atoms. The molecule has 0 spiro atoms. The highest BCUT2D eigenvalue weighted by Gasteiger charge is 2.12. The van der Waals surface area contributed by atoms with Crippen LogP contribution in [0.25, 0.3) is 10.9 Å². The Morgan fingerprint density at radius 3 is 3.00 bits per heavy atom. The molecule has 1 aromatic carbocycles. The predicted molar refractivity (Wildman–Crippen MR) is 82.7 cm³/mol. The molecule has 0 amide bonds. The fourth-order valence-electron chi connectivity index (χ4n) is 1.79. The van der Waals surface area contributed by atoms with Gasteiger partial charge in [-0.25, -0.2) is 9.97 Å². The van der Waals surface area contributed by atoms with Crippen molar-refractivity contribution in [1.29, 1.82) is 0 Å². The number of carboxylic acid groups (broad SMARTS) is 1. The number of thioether (sulfide) groups is 1. The topological polar surface area (TPSA) is 77.9 Å². The third-order valence-electron chi connectivity index (χ3n) is 2.80. The number of nitrogens with one attached hydrogen (secondary N) is 1. The zero-order chi connectivity index (χ0) is 14.5. The Morgan fingerprint density at radius 2 is 2.30 bits per heavy atom. The second-order valence-corrected chi connectivity index (χ2v) is 6.08. The van der Waals surface area contributed by atoms with E-state index in [1.165, 1.54) is 6.33 Å². The van der Waals surface area contributed by atoms with E-state index < -0.39 is 12.0 Å². The van der Waals surface area contributed by atoms with Gasteiger partial charge >= 0.3 is 0 Å². The van der Waals surface area contributed by atoms with Gasteiger partial charge in [-0.05, 0) is 36.6 Å². The minimum Gasteiger partial charge on any atom is -0.548 e. The van der Waals surface area contributed by atoms with Crippen molar-refractivity contribution in [1.82, 2.24) is 9.97 Å². The molecule has 106 valence electrons. The minimum atomic E-state index is -1.12. The van der Waals surface area contributed by atoms with Crippen LogP contribution in [0.3, 0.4) is 0 Å². The third kappa shape index (κ3) is 3.61. The standard InChI is InChI=1S/C13H14BrN3O2S/c1-20-5-4-11(13(18)19)17-12-9-6-8(14)2-3-10(9)15-7-16-12/h2-3,6-7,11H,4-5H2,1H3,(H,18,19)(H,15,16,17)/p-1/t11-/m1/s1. The number of aliphatic carboxylic acids is 1. The monoisotopic (exact) mass is 354 g/mol. The van der Waals surface area contributed by atoms with Gasteiger partial charge in [-0.2, -0.15) is 11.8 Å². The first-order chi connectivity index (χ1) is 9.61. The molecule has 0 saturated carbocycles. The molecule has 1 N–H and O–H groups in total. The van der Waals surface area contributed by atoms with Crippen LogP contribution in [0.5, 0.6) is 0 Å². The van der Waals surface area contributed by atoms with Crippen molar-refractivity contribution in [3.63, 3.8) is 0 Å². The van der Waals surface area contributed by atoms with Gasteiger partial charge in [0.15, 0.2) is 0 Å². The highest BCUT2D eigenvalue weighted by atomic mass is 79.9. The van der Waals surface area contributed by atoms with E-state index in [0.717, 1.165) is 21.1 Å². The second-order valence-electron chi connectivity index (χ2n) is 4.18. The van der Waals surface area contributed by atoms with Crippen LogP contribution in [0.4, 0.5) is 5.82 Å². The van der Waals surface area contributed by atoms with Crippen LogP contribution >= 0.6 is 27.7 Å². The fourth-order valence-corrected chi connectivity index (χ4v) is 2.63. The van der Waals surface area contributed by atoms with Gasteiger partial charge in [0.1, 0.15) is 12.1 Å². The first-order valence-corrected chi connectivity index (χ1v) is 8.17. The summed E-state index contributed by atoms with van der Waals surface area (Å²) in [7, 11) is 0. The number of carboxylic acids is 1. The van der Waals surface area contributed by atoms with Gasteiger partial charge < -0.3 is 15.2 Å². The van der Waals surface area contributed by atoms with Crippen molar-refractivity contribution in [2.24, 2.45) is 0 Å². The van der Waals surface area contributed by atoms with E-state index in [1.54, 1.807) is 11.8 Å². The molecule has 0 aliphatic carbocycles. The number of halogens is 1. The van der Waals surface area contributed by atoms with Crippen molar-refractivity contribution in [3.8, 4) is 0 Å². The highest BCUT2D eigenvalue weighted by molar-refractivity contribution is 9.10. The number of carbonyl (C=O) groups excluding carboxylic acids is 1. The molecule has 0 saturated heterocycles. The lowest BCUT2D eigenvalue weighted by Gasteiger charge is -2.20. The molecule has 1 heterocycles. The van der Waals surface area contributed by atoms with Crippen LogP contribution in [-0.2, 0) is 4.79 Å². The third-order valence-corrected chi connectivity index (χ3v) is 3.94. The molecule has 0 aliphatic heterocycles. The molecule has 2 rings (SSSR count). The zero-order valence-corrected chi connectivity index (χ0v) is 13.2. The molecule has 0 fully saturated rings. The molecule has 7 heteroatoms. The smallest absolute Gasteiger partial charge is 0.137 e. The number of hydrogen-bond donors (Lipinski definition) is 1. The number of hydrogen-bond acceptors (Lipinski definition) is 6. The zero-order valence-electron chi connectivity index (χ0n) is 10.8. The first kappa shape index (κ1) is 15.1. The Kier molecular flexibility index (Phi) is 5.19. The van der Waals surface area contributed by atoms with E-state index >= 15 is 0 Å². The lowest BCUT2D eigenvalue weighted by Crippen LogP contribution is -2.41. The lowest BCUT2D eigenvalue weighted by atomic mass is 10.2. The molecular formula is C13H13BrN3O2S-. The molecule has 0 aliphatic rings. The predicted octanol–water partition coefficient (Wildman–Crippen LogP) is 1.68. The molecule has 0 radical (unpaired) electrons. The molecule has 20 heavy (non-hydrogen) atoms. The molecule has 5 nitrogen and oxygen atoms in total. The molecule has 1 aromatic heterocycles. The van der Waals surface area contributed by atoms with E-state index in [2.05, 4.69) is 31.2 Å². The van der Waals surface area contributed by atoms with Crippen molar-refractivity contribution in [2.75, 3.05) is 17.3 Å². The molecule has 1 atom stereocenters. The van der Waals surface area contributed by atoms with E-state index in [4.69, 9.17) is 0 Å². The lowest BCUT2D eigenvalue weighted by molar-refractivity contribution is -0.306. The van der Waals surface area contributed by atoms with Gasteiger partial charge in [0.2, 0.25) is 0 Å². The maximum absolute atomic E-state index is 11.2. The summed E-state index contributed by atoms with van der Waals surface area (Å²) in [6.07, 6.45) is 3.83. The van der Waals surface area contributed by atoms with Crippen LogP contribution < -0.4 is 10.4 Å². The Labute approximate surface area is 129 Å². The Hall–Kier alpha value is -1.34. The number of nitrogens with zero attached hydrogens (tertiary/aromatic N) is 2. The van der Waals surface area contributed by atoms with Crippen LogP contribution in [0.1, 0.15) is 6.42 Å². The van der Waals surface area contributed by atoms with E-state index in [1.807, 2.05) is 24.5 Å². The number of aromatic nitrogens is 2. The normalized spacial score (nSPS) is 12.3. The average molecular weight is 355 g/mol. The Bertz CT molecular complexity index is 624. The summed E-state index contributed by atoms with van der Waals surface area (Å²) in [5.41, 5.74) is 0.757. The van der Waals surface area contributed by atoms with Crippen molar-refractivity contribution < 1.29 is 9.90 Å². The summed E-state index contributed by atoms with van der Waals surface area (Å²) >= 11 is 4.98. The number of rotatable bonds is 6. The summed E-state index contributed by atoms with van der Waals surface area (Å²) < 4.78 is 0.886. The van der Waals surface area contributed by atoms with Crippen LogP contribution in [0, 0.1) is 0 Å². The average Bonchev–Trinajstić information content (AvgIpc) is 2.43. The summed E-state index contributed by atoms with van der Waals surface area (Å²) in [6, 6.07) is 4.82. The second kappa shape index (κ2) is 6.90. The Morgan fingerprint density at radius 1 is 1.50 bits per heavy atom. The largest absolute Gasteiger partial charge is 0.548 e. The van der Waals surface area contributed by atoms with E-state index in [-0.39, 0.29) is 0 Å². The van der Waals surface area contributed by atoms with Crippen molar-refractivity contribution in [2.45, 2.75) is 12.5 Å². The Balaban J connectivity index is 2.31. The van der Waals surface area contributed by atoms with Gasteiger partial charge in [0, 0.05) is 9.86 Å². The number of carbonyl (C=O) groups is 1. The summed E-state index contributed by atoms with van der Waals surface area (Å²) in [6.45, 7) is 0. The highest BCUT2D eigenvalue weighted by Crippen LogP contribution is 2.24. The fraction of sp³-hybridized carbons (Fsp3) is 0.308. The maximum Gasteiger partial charge on any atom is 0.137 e. The van der Waals surface area contributed by atoms with Crippen molar-refractivity contribution in [3.05, 3.63) is 29.0 Å². The summed E-state index contributed by atoms with van der Waals surface area (Å²) in [5.74, 6) is 0.116. The molecular weight excluding hydrogens is 342 g/mol. The van der Waals surface area contributed by atoms with Gasteiger partial charge in [-0.3, -0.25) is 0 Å². The molecule has 2 aromatic rings. The first-order valence-electron chi connectivity index (χ1n) is 5.98. The number of benzene rings is 1. The number of anilines is 1. The van der Waals surface area contributed by atoms with Gasteiger partial charge in [-0.15, -0.1) is 0 Å². The maximum atomic E-state index is 11.2. The summed E-state index contributed by atoms with van der Waals surface area (Å²) in [4.78, 5) is 19.5. The SMILES string of the molecule is CSCC[C@@H](Nc1ncnc2ccc(Br)cc12)C(=O)[O-]. The van der Waals surface area contributed by atoms with Crippen LogP contribution in [0.2, 0.25) is 0 Å². The van der Waals surface area contributed by atoms with E-state index in [0.29, 0.717) is 12.2 Å². The van der Waals surface area contributed by atoms with Gasteiger partial charge in [0.25, 0.3) is 0 Å². The van der Waals surface area contributed by atoms with Crippen LogP contribution in [-0.4, -0.2) is 34.0 Å². The van der Waals surface area contributed by atoms with Gasteiger partial charge in [-0.1, -0.05) is 15.9 Å². The van der Waals surface area contributed by atoms with E-state index in [9.17, 15) is 9.90 Å².